The number of anilines is 2. The molecule has 48 heavy (non-hydrogen) atoms. The molecule has 1 aliphatic heterocycles. The highest BCUT2D eigenvalue weighted by molar-refractivity contribution is 5.98. The zero-order valence-electron chi connectivity index (χ0n) is 26.1. The molecule has 8 nitrogen and oxygen atoms in total. The van der Waals surface area contributed by atoms with Crippen LogP contribution < -0.4 is 10.6 Å². The summed E-state index contributed by atoms with van der Waals surface area (Å²) in [5.41, 5.74) is -0.847. The van der Waals surface area contributed by atoms with E-state index in [-0.39, 0.29) is 49.9 Å². The van der Waals surface area contributed by atoms with Gasteiger partial charge in [-0.2, -0.15) is 18.4 Å². The predicted molar refractivity (Wildman–Crippen MR) is 175 cm³/mol. The van der Waals surface area contributed by atoms with E-state index in [0.29, 0.717) is 22.9 Å². The lowest BCUT2D eigenvalue weighted by Gasteiger charge is -2.40. The molecule has 1 unspecified atom stereocenters. The Morgan fingerprint density at radius 1 is 0.854 bits per heavy atom. The highest BCUT2D eigenvalue weighted by Gasteiger charge is 2.46. The molecule has 1 atom stereocenters. The molecule has 0 spiro atoms. The van der Waals surface area contributed by atoms with Gasteiger partial charge in [-0.05, 0) is 72.0 Å². The van der Waals surface area contributed by atoms with Crippen LogP contribution >= 0.6 is 0 Å². The average molecular weight is 655 g/mol. The zero-order chi connectivity index (χ0) is 34.5. The number of piperidine rings is 1. The topological polar surface area (TPSA) is 123 Å². The van der Waals surface area contributed by atoms with E-state index < -0.39 is 34.7 Å². The lowest BCUT2D eigenvalue weighted by atomic mass is 9.75. The summed E-state index contributed by atoms with van der Waals surface area (Å²) in [6.07, 6.45) is -4.47. The van der Waals surface area contributed by atoms with Crippen LogP contribution in [0.5, 0.6) is 0 Å². The minimum absolute atomic E-state index is 0.169. The Morgan fingerprint density at radius 2 is 1.50 bits per heavy atom. The van der Waals surface area contributed by atoms with Gasteiger partial charge in [-0.15, -0.1) is 0 Å². The monoisotopic (exact) mass is 654 g/mol. The van der Waals surface area contributed by atoms with Crippen molar-refractivity contribution in [2.45, 2.75) is 38.0 Å². The summed E-state index contributed by atoms with van der Waals surface area (Å²) in [5, 5.41) is 26.7. The van der Waals surface area contributed by atoms with Crippen LogP contribution in [0.3, 0.4) is 0 Å². The Hall–Kier alpha value is -5.47. The molecule has 1 fully saturated rings. The first-order chi connectivity index (χ1) is 22.9. The maximum absolute atomic E-state index is 14.0. The Morgan fingerprint density at radius 3 is 2.15 bits per heavy atom. The molecule has 3 amide bonds. The molecule has 0 saturated carbocycles. The second kappa shape index (κ2) is 14.1. The van der Waals surface area contributed by atoms with Crippen molar-refractivity contribution in [2.75, 3.05) is 23.7 Å². The van der Waals surface area contributed by atoms with Crippen LogP contribution in [0.1, 0.15) is 46.8 Å². The van der Waals surface area contributed by atoms with Crippen LogP contribution in [-0.4, -0.2) is 46.4 Å². The molecule has 246 valence electrons. The third-order valence-corrected chi connectivity index (χ3v) is 8.49. The summed E-state index contributed by atoms with van der Waals surface area (Å²) in [6.45, 7) is 1.93. The number of carbonyl (C=O) groups is 3. The van der Waals surface area contributed by atoms with E-state index in [1.165, 1.54) is 19.1 Å². The van der Waals surface area contributed by atoms with Gasteiger partial charge in [0.05, 0.1) is 17.2 Å². The number of likely N-dealkylation sites (tertiary alicyclic amines) is 1. The molecule has 4 aromatic carbocycles. The van der Waals surface area contributed by atoms with E-state index in [0.717, 1.165) is 17.2 Å². The fourth-order valence-corrected chi connectivity index (χ4v) is 6.08. The normalized spacial score (nSPS) is 14.8. The highest BCUT2D eigenvalue weighted by Crippen LogP contribution is 2.37. The maximum atomic E-state index is 14.0. The van der Waals surface area contributed by atoms with Gasteiger partial charge >= 0.3 is 6.18 Å². The Balaban J connectivity index is 1.44. The second-order valence-electron chi connectivity index (χ2n) is 11.8. The fourth-order valence-electron chi connectivity index (χ4n) is 6.08. The van der Waals surface area contributed by atoms with Crippen LogP contribution in [0.2, 0.25) is 0 Å². The molecule has 11 heteroatoms. The van der Waals surface area contributed by atoms with Crippen molar-refractivity contribution in [1.29, 1.82) is 5.26 Å². The third kappa shape index (κ3) is 7.73. The van der Waals surface area contributed by atoms with Crippen molar-refractivity contribution >= 4 is 29.1 Å². The number of benzene rings is 4. The van der Waals surface area contributed by atoms with Crippen LogP contribution in [0, 0.1) is 17.2 Å². The van der Waals surface area contributed by atoms with Crippen LogP contribution in [0.25, 0.3) is 11.1 Å². The number of nitrogens with one attached hydrogen (secondary N) is 2. The van der Waals surface area contributed by atoms with Crippen LogP contribution in [0.15, 0.2) is 97.1 Å². The number of nitriles is 1. The number of carbonyl (C=O) groups excluding carboxylic acids is 3. The van der Waals surface area contributed by atoms with Crippen molar-refractivity contribution in [2.24, 2.45) is 5.92 Å². The molecule has 0 radical (unpaired) electrons. The van der Waals surface area contributed by atoms with Gasteiger partial charge in [0.1, 0.15) is 5.60 Å². The Bertz CT molecular complexity index is 1860. The summed E-state index contributed by atoms with van der Waals surface area (Å²) in [5.74, 6) is -1.94. The van der Waals surface area contributed by atoms with Gasteiger partial charge in [0.15, 0.2) is 0 Å². The molecule has 0 aromatic heterocycles. The molecule has 1 aliphatic rings. The molecular formula is C37H33F3N4O4. The number of halogens is 3. The van der Waals surface area contributed by atoms with E-state index in [9.17, 15) is 37.9 Å². The minimum Gasteiger partial charge on any atom is -0.379 e. The summed E-state index contributed by atoms with van der Waals surface area (Å²) in [7, 11) is 0. The highest BCUT2D eigenvalue weighted by atomic mass is 19.4. The number of nitrogens with zero attached hydrogens (tertiary/aromatic N) is 2. The molecule has 4 aromatic rings. The fraction of sp³-hybridized carbons (Fsp3) is 0.243. The van der Waals surface area contributed by atoms with Gasteiger partial charge in [0.25, 0.3) is 11.8 Å². The van der Waals surface area contributed by atoms with Crippen molar-refractivity contribution in [3.05, 3.63) is 119 Å². The summed E-state index contributed by atoms with van der Waals surface area (Å²) in [6, 6.07) is 27.5. The van der Waals surface area contributed by atoms with Crippen molar-refractivity contribution in [3.63, 3.8) is 0 Å². The van der Waals surface area contributed by atoms with Gasteiger partial charge in [-0.1, -0.05) is 54.6 Å². The molecule has 1 saturated heterocycles. The Kier molecular flexibility index (Phi) is 9.96. The van der Waals surface area contributed by atoms with Crippen LogP contribution in [-0.2, 0) is 22.2 Å². The van der Waals surface area contributed by atoms with Gasteiger partial charge in [-0.25, -0.2) is 0 Å². The molecule has 0 bridgehead atoms. The van der Waals surface area contributed by atoms with E-state index in [4.69, 9.17) is 0 Å². The first-order valence-electron chi connectivity index (χ1n) is 15.3. The largest absolute Gasteiger partial charge is 0.417 e. The molecule has 1 heterocycles. The Labute approximate surface area is 275 Å². The van der Waals surface area contributed by atoms with Crippen molar-refractivity contribution in [1.82, 2.24) is 4.90 Å². The number of rotatable bonds is 8. The molecule has 0 aliphatic carbocycles. The summed E-state index contributed by atoms with van der Waals surface area (Å²) >= 11 is 0. The lowest BCUT2D eigenvalue weighted by molar-refractivity contribution is -0.142. The zero-order valence-corrected chi connectivity index (χ0v) is 26.1. The number of alkyl halides is 3. The third-order valence-electron chi connectivity index (χ3n) is 8.49. The predicted octanol–water partition coefficient (Wildman–Crippen LogP) is 6.67. The van der Waals surface area contributed by atoms with Gasteiger partial charge < -0.3 is 20.6 Å². The smallest absolute Gasteiger partial charge is 0.379 e. The first-order valence-corrected chi connectivity index (χ1v) is 15.3. The second-order valence-corrected chi connectivity index (χ2v) is 11.8. The standard InChI is InChI=1S/C37H33F3N4O4/c1-24(45)42-31-12-6-11-28(20-31)27-10-5-7-25(19-27)22-36(48,30-15-17-44(18-16-30)34(46)26-8-3-2-4-9-26)35(47)43-32-14-13-29(23-41)33(21-32)37(38,39)40/h2-14,19-21,30,48H,15-18,22H2,1H3,(H,42,45)(H,43,47). The van der Waals surface area contributed by atoms with E-state index in [1.807, 2.05) is 24.3 Å². The summed E-state index contributed by atoms with van der Waals surface area (Å²) < 4.78 is 41.1. The minimum atomic E-state index is -4.84. The van der Waals surface area contributed by atoms with Crippen molar-refractivity contribution < 1.29 is 32.7 Å². The van der Waals surface area contributed by atoms with Crippen molar-refractivity contribution in [3.8, 4) is 17.2 Å². The molecule has 5 rings (SSSR count). The number of aliphatic hydroxyl groups is 1. The first kappa shape index (κ1) is 33.9. The summed E-state index contributed by atoms with van der Waals surface area (Å²) in [4.78, 5) is 40.3. The molecule has 3 N–H and O–H groups in total. The average Bonchev–Trinajstić information content (AvgIpc) is 3.08. The van der Waals surface area contributed by atoms with E-state index >= 15 is 0 Å². The lowest BCUT2D eigenvalue weighted by Crippen LogP contribution is -2.54. The van der Waals surface area contributed by atoms with E-state index in [1.54, 1.807) is 59.5 Å². The van der Waals surface area contributed by atoms with Crippen LogP contribution in [0.4, 0.5) is 24.5 Å². The number of amides is 3. The van der Waals surface area contributed by atoms with Gasteiger partial charge in [-0.3, -0.25) is 14.4 Å². The number of hydrogen-bond acceptors (Lipinski definition) is 5. The van der Waals surface area contributed by atoms with E-state index in [2.05, 4.69) is 10.6 Å². The maximum Gasteiger partial charge on any atom is 0.417 e. The molecular weight excluding hydrogens is 621 g/mol. The van der Waals surface area contributed by atoms with Gasteiger partial charge in [0.2, 0.25) is 5.91 Å². The quantitative estimate of drug-likeness (QED) is 0.196. The SMILES string of the molecule is CC(=O)Nc1cccc(-c2cccc(CC(O)(C(=O)Nc3ccc(C#N)c(C(F)(F)F)c3)C3CCN(C(=O)c4ccccc4)CC3)c2)c1. The van der Waals surface area contributed by atoms with Gasteiger partial charge in [0, 0.05) is 49.3 Å². The number of hydrogen-bond donors (Lipinski definition) is 3.